The number of hydrogen-bond donors (Lipinski definition) is 1. The van der Waals surface area contributed by atoms with Crippen LogP contribution in [0.2, 0.25) is 0 Å². The molecule has 0 aliphatic carbocycles. The van der Waals surface area contributed by atoms with Gasteiger partial charge in [-0.15, -0.1) is 0 Å². The molecule has 4 heteroatoms. The molecule has 0 saturated carbocycles. The SMILES string of the molecule is COc1cc(OCC=C(C)C)ccc1C=CC(=O)c1ccc(O)cc1. The number of methoxy groups -OCH3 is 1. The van der Waals surface area contributed by atoms with Crippen LogP contribution in [-0.4, -0.2) is 24.6 Å². The summed E-state index contributed by atoms with van der Waals surface area (Å²) < 4.78 is 11.0. The van der Waals surface area contributed by atoms with E-state index < -0.39 is 0 Å². The van der Waals surface area contributed by atoms with Crippen LogP contribution in [0.1, 0.15) is 29.8 Å². The van der Waals surface area contributed by atoms with Crippen LogP contribution < -0.4 is 9.47 Å². The Labute approximate surface area is 148 Å². The van der Waals surface area contributed by atoms with Crippen LogP contribution in [0.15, 0.2) is 60.2 Å². The van der Waals surface area contributed by atoms with Gasteiger partial charge in [-0.1, -0.05) is 5.57 Å². The summed E-state index contributed by atoms with van der Waals surface area (Å²) in [6.07, 6.45) is 5.18. The van der Waals surface area contributed by atoms with Gasteiger partial charge in [0, 0.05) is 17.2 Å². The lowest BCUT2D eigenvalue weighted by molar-refractivity contribution is 0.104. The van der Waals surface area contributed by atoms with Crippen LogP contribution >= 0.6 is 0 Å². The molecule has 0 fully saturated rings. The standard InChI is InChI=1S/C21H22O4/c1-15(2)12-13-25-19-10-6-17(21(14-19)24-3)7-11-20(23)16-4-8-18(22)9-5-16/h4-12,14,22H,13H2,1-3H3. The average Bonchev–Trinajstić information content (AvgIpc) is 2.60. The van der Waals surface area contributed by atoms with Crippen LogP contribution in [-0.2, 0) is 0 Å². The Morgan fingerprint density at radius 3 is 2.48 bits per heavy atom. The molecule has 2 aromatic carbocycles. The Bertz CT molecular complexity index is 782. The Balaban J connectivity index is 2.11. The first kappa shape index (κ1) is 18.3. The number of carbonyl (C=O) groups is 1. The highest BCUT2D eigenvalue weighted by Crippen LogP contribution is 2.26. The molecule has 25 heavy (non-hydrogen) atoms. The van der Waals surface area contributed by atoms with Gasteiger partial charge < -0.3 is 14.6 Å². The van der Waals surface area contributed by atoms with Crippen molar-refractivity contribution in [3.05, 3.63) is 71.3 Å². The van der Waals surface area contributed by atoms with Crippen molar-refractivity contribution in [3.63, 3.8) is 0 Å². The predicted molar refractivity (Wildman–Crippen MR) is 99.4 cm³/mol. The fourth-order valence-electron chi connectivity index (χ4n) is 2.11. The summed E-state index contributed by atoms with van der Waals surface area (Å²) in [6.45, 7) is 4.53. The lowest BCUT2D eigenvalue weighted by Gasteiger charge is -2.09. The monoisotopic (exact) mass is 338 g/mol. The Morgan fingerprint density at radius 1 is 1.12 bits per heavy atom. The Kier molecular flexibility index (Phi) is 6.40. The van der Waals surface area contributed by atoms with Crippen LogP contribution in [0.3, 0.4) is 0 Å². The van der Waals surface area contributed by atoms with Crippen LogP contribution in [0.5, 0.6) is 17.2 Å². The van der Waals surface area contributed by atoms with Crippen molar-refractivity contribution < 1.29 is 19.4 Å². The van der Waals surface area contributed by atoms with E-state index in [4.69, 9.17) is 9.47 Å². The molecule has 0 aliphatic heterocycles. The molecule has 130 valence electrons. The van der Waals surface area contributed by atoms with E-state index in [-0.39, 0.29) is 11.5 Å². The zero-order valence-corrected chi connectivity index (χ0v) is 14.7. The molecule has 0 spiro atoms. The number of carbonyl (C=O) groups excluding carboxylic acids is 1. The van der Waals surface area contributed by atoms with Crippen LogP contribution in [0, 0.1) is 0 Å². The molecule has 0 bridgehead atoms. The van der Waals surface area contributed by atoms with Crippen molar-refractivity contribution in [1.29, 1.82) is 0 Å². The third kappa shape index (κ3) is 5.53. The molecular weight excluding hydrogens is 316 g/mol. The van der Waals surface area contributed by atoms with Gasteiger partial charge in [0.2, 0.25) is 0 Å². The highest BCUT2D eigenvalue weighted by atomic mass is 16.5. The molecule has 0 amide bonds. The molecule has 0 atom stereocenters. The molecule has 1 N–H and O–H groups in total. The minimum Gasteiger partial charge on any atom is -0.508 e. The van der Waals surface area contributed by atoms with E-state index in [9.17, 15) is 9.90 Å². The normalized spacial score (nSPS) is 10.5. The van der Waals surface area contributed by atoms with E-state index in [1.54, 1.807) is 31.4 Å². The predicted octanol–water partition coefficient (Wildman–Crippen LogP) is 4.64. The number of ether oxygens (including phenoxy) is 2. The second kappa shape index (κ2) is 8.73. The van der Waals surface area contributed by atoms with Gasteiger partial charge in [-0.05, 0) is 68.5 Å². The molecule has 2 aromatic rings. The molecule has 0 saturated heterocycles. The minimum atomic E-state index is -0.147. The summed E-state index contributed by atoms with van der Waals surface area (Å²) in [5.74, 6) is 1.32. The highest BCUT2D eigenvalue weighted by molar-refractivity contribution is 6.07. The summed E-state index contributed by atoms with van der Waals surface area (Å²) in [7, 11) is 1.58. The Hall–Kier alpha value is -3.01. The number of phenolic OH excluding ortho intramolecular Hbond substituents is 1. The third-order valence-corrected chi connectivity index (χ3v) is 3.51. The molecule has 0 aliphatic rings. The smallest absolute Gasteiger partial charge is 0.185 e. The molecule has 0 unspecified atom stereocenters. The maximum absolute atomic E-state index is 12.2. The summed E-state index contributed by atoms with van der Waals surface area (Å²) in [5.41, 5.74) is 2.48. The minimum absolute atomic E-state index is 0.130. The number of hydrogen-bond acceptors (Lipinski definition) is 4. The second-order valence-corrected chi connectivity index (χ2v) is 5.74. The molecular formula is C21H22O4. The van der Waals surface area contributed by atoms with Crippen molar-refractivity contribution in [1.82, 2.24) is 0 Å². The van der Waals surface area contributed by atoms with E-state index in [0.717, 1.165) is 5.56 Å². The molecule has 2 rings (SSSR count). The van der Waals surface area contributed by atoms with Crippen molar-refractivity contribution in [2.45, 2.75) is 13.8 Å². The topological polar surface area (TPSA) is 55.8 Å². The van der Waals surface area contributed by atoms with Gasteiger partial charge in [0.1, 0.15) is 23.9 Å². The van der Waals surface area contributed by atoms with E-state index in [1.807, 2.05) is 32.1 Å². The second-order valence-electron chi connectivity index (χ2n) is 5.74. The molecule has 0 radical (unpaired) electrons. The lowest BCUT2D eigenvalue weighted by atomic mass is 10.1. The fraction of sp³-hybridized carbons (Fsp3) is 0.190. The maximum atomic E-state index is 12.2. The van der Waals surface area contributed by atoms with Gasteiger partial charge in [-0.2, -0.15) is 0 Å². The average molecular weight is 338 g/mol. The van der Waals surface area contributed by atoms with Crippen LogP contribution in [0.4, 0.5) is 0 Å². The number of rotatable bonds is 7. The van der Waals surface area contributed by atoms with E-state index in [2.05, 4.69) is 0 Å². The number of benzene rings is 2. The summed E-state index contributed by atoms with van der Waals surface area (Å²) in [4.78, 5) is 12.2. The van der Waals surface area contributed by atoms with Gasteiger partial charge in [0.25, 0.3) is 0 Å². The maximum Gasteiger partial charge on any atom is 0.185 e. The van der Waals surface area contributed by atoms with Crippen molar-refractivity contribution in [2.24, 2.45) is 0 Å². The van der Waals surface area contributed by atoms with Gasteiger partial charge in [-0.3, -0.25) is 4.79 Å². The van der Waals surface area contributed by atoms with Gasteiger partial charge in [-0.25, -0.2) is 0 Å². The molecule has 0 aromatic heterocycles. The van der Waals surface area contributed by atoms with Crippen LogP contribution in [0.25, 0.3) is 6.08 Å². The number of aromatic hydroxyl groups is 1. The zero-order chi connectivity index (χ0) is 18.2. The van der Waals surface area contributed by atoms with Gasteiger partial charge >= 0.3 is 0 Å². The quantitative estimate of drug-likeness (QED) is 0.454. The van der Waals surface area contributed by atoms with Crippen molar-refractivity contribution >= 4 is 11.9 Å². The largest absolute Gasteiger partial charge is 0.508 e. The van der Waals surface area contributed by atoms with E-state index in [1.165, 1.54) is 23.8 Å². The highest BCUT2D eigenvalue weighted by Gasteiger charge is 2.05. The first-order chi connectivity index (χ1) is 12.0. The van der Waals surface area contributed by atoms with Gasteiger partial charge in [0.15, 0.2) is 5.78 Å². The number of phenols is 1. The molecule has 0 heterocycles. The number of allylic oxidation sites excluding steroid dienone is 2. The fourth-order valence-corrected chi connectivity index (χ4v) is 2.11. The van der Waals surface area contributed by atoms with Crippen molar-refractivity contribution in [2.75, 3.05) is 13.7 Å². The lowest BCUT2D eigenvalue weighted by Crippen LogP contribution is -1.96. The summed E-state index contributed by atoms with van der Waals surface area (Å²) in [5, 5.41) is 9.27. The summed E-state index contributed by atoms with van der Waals surface area (Å²) >= 11 is 0. The molecule has 4 nitrogen and oxygen atoms in total. The van der Waals surface area contributed by atoms with E-state index >= 15 is 0 Å². The third-order valence-electron chi connectivity index (χ3n) is 3.51. The van der Waals surface area contributed by atoms with E-state index in [0.29, 0.717) is 23.7 Å². The van der Waals surface area contributed by atoms with Gasteiger partial charge in [0.05, 0.1) is 7.11 Å². The number of ketones is 1. The Morgan fingerprint density at radius 2 is 1.84 bits per heavy atom. The zero-order valence-electron chi connectivity index (χ0n) is 14.7. The first-order valence-electron chi connectivity index (χ1n) is 7.95. The first-order valence-corrected chi connectivity index (χ1v) is 7.95. The van der Waals surface area contributed by atoms with Crippen molar-refractivity contribution in [3.8, 4) is 17.2 Å². The summed E-state index contributed by atoms with van der Waals surface area (Å²) in [6, 6.07) is 11.6.